The Bertz CT molecular complexity index is 1230. The number of amides is 1. The van der Waals surface area contributed by atoms with Crippen LogP contribution in [0.25, 0.3) is 21.9 Å². The number of nitrogens with two attached hydrogens (primary N) is 1. The molecule has 3 N–H and O–H groups in total. The van der Waals surface area contributed by atoms with Crippen molar-refractivity contribution in [3.63, 3.8) is 0 Å². The van der Waals surface area contributed by atoms with Crippen molar-refractivity contribution in [3.8, 4) is 16.9 Å². The monoisotopic (exact) mass is 410 g/mol. The maximum Gasteiger partial charge on any atom is 0.248 e. The van der Waals surface area contributed by atoms with Gasteiger partial charge in [-0.1, -0.05) is 60.7 Å². The summed E-state index contributed by atoms with van der Waals surface area (Å²) in [6.45, 7) is 2.89. The summed E-state index contributed by atoms with van der Waals surface area (Å²) in [6, 6.07) is 28.5. The number of primary amides is 1. The van der Waals surface area contributed by atoms with Gasteiger partial charge in [0.25, 0.3) is 0 Å². The molecule has 0 saturated carbocycles. The Morgan fingerprint density at radius 1 is 0.968 bits per heavy atom. The molecule has 0 aliphatic heterocycles. The first-order valence-corrected chi connectivity index (χ1v) is 10.3. The SMILES string of the molecule is COc1ccc(CN[C@H](C)c2cccc3ccccc23)cc1-c1cccc(C(N)=O)c1. The number of hydrogen-bond acceptors (Lipinski definition) is 3. The topological polar surface area (TPSA) is 64.3 Å². The van der Waals surface area contributed by atoms with Crippen LogP contribution in [0.3, 0.4) is 0 Å². The van der Waals surface area contributed by atoms with Gasteiger partial charge < -0.3 is 15.8 Å². The maximum atomic E-state index is 11.6. The van der Waals surface area contributed by atoms with Crippen molar-refractivity contribution in [2.45, 2.75) is 19.5 Å². The third kappa shape index (κ3) is 4.44. The Kier molecular flexibility index (Phi) is 6.01. The van der Waals surface area contributed by atoms with E-state index in [-0.39, 0.29) is 6.04 Å². The van der Waals surface area contributed by atoms with E-state index in [0.29, 0.717) is 12.1 Å². The lowest BCUT2D eigenvalue weighted by atomic mass is 9.98. The van der Waals surface area contributed by atoms with Crippen molar-refractivity contribution in [1.29, 1.82) is 0 Å². The quantitative estimate of drug-likeness (QED) is 0.425. The molecule has 4 heteroatoms. The predicted molar refractivity (Wildman–Crippen MR) is 126 cm³/mol. The molecular weight excluding hydrogens is 384 g/mol. The minimum atomic E-state index is -0.442. The van der Waals surface area contributed by atoms with Gasteiger partial charge in [-0.25, -0.2) is 0 Å². The molecule has 0 aliphatic carbocycles. The van der Waals surface area contributed by atoms with Crippen molar-refractivity contribution < 1.29 is 9.53 Å². The van der Waals surface area contributed by atoms with E-state index >= 15 is 0 Å². The summed E-state index contributed by atoms with van der Waals surface area (Å²) >= 11 is 0. The second-order valence-corrected chi connectivity index (χ2v) is 7.65. The fraction of sp³-hybridized carbons (Fsp3) is 0.148. The van der Waals surface area contributed by atoms with E-state index in [1.807, 2.05) is 18.2 Å². The molecule has 0 bridgehead atoms. The molecule has 4 aromatic rings. The zero-order valence-corrected chi connectivity index (χ0v) is 17.8. The number of carbonyl (C=O) groups is 1. The molecule has 0 unspecified atom stereocenters. The molecule has 0 spiro atoms. The van der Waals surface area contributed by atoms with Crippen LogP contribution in [0.15, 0.2) is 84.9 Å². The molecular formula is C27H26N2O2. The predicted octanol–water partition coefficient (Wildman–Crippen LogP) is 5.47. The van der Waals surface area contributed by atoms with Gasteiger partial charge >= 0.3 is 0 Å². The van der Waals surface area contributed by atoms with E-state index in [0.717, 1.165) is 22.4 Å². The number of ether oxygens (including phenoxy) is 1. The number of carbonyl (C=O) groups excluding carboxylic acids is 1. The number of rotatable bonds is 7. The molecule has 0 saturated heterocycles. The fourth-order valence-corrected chi connectivity index (χ4v) is 3.94. The summed E-state index contributed by atoms with van der Waals surface area (Å²) in [5.41, 5.74) is 10.2. The van der Waals surface area contributed by atoms with Crippen LogP contribution in [0.2, 0.25) is 0 Å². The summed E-state index contributed by atoms with van der Waals surface area (Å²) in [6.07, 6.45) is 0. The number of fused-ring (bicyclic) bond motifs is 1. The first-order chi connectivity index (χ1) is 15.1. The van der Waals surface area contributed by atoms with Crippen LogP contribution in [-0.4, -0.2) is 13.0 Å². The molecule has 1 amide bonds. The number of methoxy groups -OCH3 is 1. The zero-order valence-electron chi connectivity index (χ0n) is 17.8. The third-order valence-electron chi connectivity index (χ3n) is 5.62. The Morgan fingerprint density at radius 2 is 1.74 bits per heavy atom. The van der Waals surface area contributed by atoms with E-state index in [1.165, 1.54) is 16.3 Å². The van der Waals surface area contributed by atoms with Gasteiger partial charge in [0.1, 0.15) is 5.75 Å². The fourth-order valence-electron chi connectivity index (χ4n) is 3.94. The highest BCUT2D eigenvalue weighted by molar-refractivity contribution is 5.94. The molecule has 4 nitrogen and oxygen atoms in total. The molecule has 0 aromatic heterocycles. The smallest absolute Gasteiger partial charge is 0.248 e. The third-order valence-corrected chi connectivity index (χ3v) is 5.62. The Labute approximate surface area is 182 Å². The molecule has 4 rings (SSSR count). The van der Waals surface area contributed by atoms with E-state index < -0.39 is 5.91 Å². The Balaban J connectivity index is 1.59. The van der Waals surface area contributed by atoms with Gasteiger partial charge in [0.15, 0.2) is 0 Å². The molecule has 0 radical (unpaired) electrons. The largest absolute Gasteiger partial charge is 0.496 e. The van der Waals surface area contributed by atoms with E-state index in [2.05, 4.69) is 66.8 Å². The van der Waals surface area contributed by atoms with E-state index in [9.17, 15) is 4.79 Å². The standard InChI is InChI=1S/C27H26N2O2/c1-18(23-12-6-8-20-7-3-4-11-24(20)23)29-17-19-13-14-26(31-2)25(15-19)21-9-5-10-22(16-21)27(28)30/h3-16,18,29H,17H2,1-2H3,(H2,28,30)/t18-/m1/s1. The average Bonchev–Trinajstić information content (AvgIpc) is 2.82. The van der Waals surface area contributed by atoms with Gasteiger partial charge in [-0.3, -0.25) is 4.79 Å². The van der Waals surface area contributed by atoms with Crippen molar-refractivity contribution in [3.05, 3.63) is 102 Å². The van der Waals surface area contributed by atoms with Gasteiger partial charge in [-0.05, 0) is 58.7 Å². The normalized spacial score (nSPS) is 11.9. The molecule has 31 heavy (non-hydrogen) atoms. The second-order valence-electron chi connectivity index (χ2n) is 7.65. The number of nitrogens with one attached hydrogen (secondary N) is 1. The van der Waals surface area contributed by atoms with Crippen LogP contribution in [-0.2, 0) is 6.54 Å². The summed E-state index contributed by atoms with van der Waals surface area (Å²) in [4.78, 5) is 11.6. The summed E-state index contributed by atoms with van der Waals surface area (Å²) in [5, 5.41) is 6.15. The van der Waals surface area contributed by atoms with Gasteiger partial charge in [0.05, 0.1) is 7.11 Å². The summed E-state index contributed by atoms with van der Waals surface area (Å²) in [7, 11) is 1.65. The van der Waals surface area contributed by atoms with Gasteiger partial charge in [-0.2, -0.15) is 0 Å². The molecule has 4 aromatic carbocycles. The zero-order chi connectivity index (χ0) is 21.8. The van der Waals surface area contributed by atoms with Crippen molar-refractivity contribution in [2.75, 3.05) is 7.11 Å². The van der Waals surface area contributed by atoms with Gasteiger partial charge in [-0.15, -0.1) is 0 Å². The molecule has 156 valence electrons. The maximum absolute atomic E-state index is 11.6. The van der Waals surface area contributed by atoms with Crippen LogP contribution in [0.5, 0.6) is 5.75 Å². The van der Waals surface area contributed by atoms with Crippen molar-refractivity contribution in [2.24, 2.45) is 5.73 Å². The van der Waals surface area contributed by atoms with Crippen molar-refractivity contribution >= 4 is 16.7 Å². The Hall–Kier alpha value is -3.63. The van der Waals surface area contributed by atoms with Crippen LogP contribution >= 0.6 is 0 Å². The van der Waals surface area contributed by atoms with E-state index in [4.69, 9.17) is 10.5 Å². The van der Waals surface area contributed by atoms with Crippen LogP contribution in [0, 0.1) is 0 Å². The van der Waals surface area contributed by atoms with Gasteiger partial charge in [0.2, 0.25) is 5.91 Å². The Morgan fingerprint density at radius 3 is 2.55 bits per heavy atom. The second kappa shape index (κ2) is 9.02. The van der Waals surface area contributed by atoms with Crippen LogP contribution < -0.4 is 15.8 Å². The first kappa shape index (κ1) is 20.6. The average molecular weight is 411 g/mol. The number of benzene rings is 4. The minimum Gasteiger partial charge on any atom is -0.496 e. The molecule has 1 atom stereocenters. The molecule has 0 heterocycles. The van der Waals surface area contributed by atoms with Crippen LogP contribution in [0.4, 0.5) is 0 Å². The highest BCUT2D eigenvalue weighted by Gasteiger charge is 2.12. The lowest BCUT2D eigenvalue weighted by Gasteiger charge is -2.18. The number of hydrogen-bond donors (Lipinski definition) is 2. The van der Waals surface area contributed by atoms with Gasteiger partial charge in [0, 0.05) is 23.7 Å². The lowest BCUT2D eigenvalue weighted by molar-refractivity contribution is 0.100. The highest BCUT2D eigenvalue weighted by Crippen LogP contribution is 2.32. The van der Waals surface area contributed by atoms with E-state index in [1.54, 1.807) is 19.2 Å². The first-order valence-electron chi connectivity index (χ1n) is 10.3. The van der Waals surface area contributed by atoms with Crippen LogP contribution in [0.1, 0.15) is 34.5 Å². The molecule has 0 aliphatic rings. The minimum absolute atomic E-state index is 0.190. The highest BCUT2D eigenvalue weighted by atomic mass is 16.5. The summed E-state index contributed by atoms with van der Waals surface area (Å²) < 4.78 is 5.56. The summed E-state index contributed by atoms with van der Waals surface area (Å²) in [5.74, 6) is 0.315. The molecule has 0 fully saturated rings. The van der Waals surface area contributed by atoms with Crippen molar-refractivity contribution in [1.82, 2.24) is 5.32 Å². The lowest BCUT2D eigenvalue weighted by Crippen LogP contribution is -2.18.